The topological polar surface area (TPSA) is 71.3 Å². The van der Waals surface area contributed by atoms with E-state index in [0.29, 0.717) is 6.54 Å². The first-order valence-electron chi connectivity index (χ1n) is 5.21. The lowest BCUT2D eigenvalue weighted by Crippen LogP contribution is -2.25. The Morgan fingerprint density at radius 3 is 2.47 bits per heavy atom. The Bertz CT molecular complexity index is 472. The molecule has 1 amide bonds. The second-order valence-electron chi connectivity index (χ2n) is 3.92. The summed E-state index contributed by atoms with van der Waals surface area (Å²) in [6.45, 7) is 3.31. The number of carbonyl (C=O) groups excluding carboxylic acids is 1. The van der Waals surface area contributed by atoms with Crippen molar-refractivity contribution in [1.82, 2.24) is 9.88 Å². The van der Waals surface area contributed by atoms with Crippen LogP contribution in [0.4, 0.5) is 0 Å². The van der Waals surface area contributed by atoms with Crippen LogP contribution < -0.4 is 5.32 Å². The van der Waals surface area contributed by atoms with E-state index in [1.165, 1.54) is 13.8 Å². The first kappa shape index (κ1) is 13.0. The van der Waals surface area contributed by atoms with E-state index >= 15 is 0 Å². The monoisotopic (exact) mass is 236 g/mol. The molecule has 0 saturated carbocycles. The first-order chi connectivity index (χ1) is 7.91. The molecule has 1 aromatic rings. The standard InChI is InChI=1S/C12H16N2O3/c1-8(9(2)12(16)17)11(15)13-6-10-4-5-14(3)7-10/h4-5,7H,6H2,1-3H3,(H,13,15)(H,16,17)/b9-8+. The largest absolute Gasteiger partial charge is 0.478 e. The molecule has 1 rings (SSSR count). The van der Waals surface area contributed by atoms with Gasteiger partial charge >= 0.3 is 5.97 Å². The highest BCUT2D eigenvalue weighted by Crippen LogP contribution is 2.05. The van der Waals surface area contributed by atoms with E-state index in [2.05, 4.69) is 5.32 Å². The third kappa shape index (κ3) is 3.48. The summed E-state index contributed by atoms with van der Waals surface area (Å²) in [5.41, 5.74) is 1.27. The number of nitrogens with zero attached hydrogens (tertiary/aromatic N) is 1. The van der Waals surface area contributed by atoms with Crippen LogP contribution in [0.15, 0.2) is 29.6 Å². The summed E-state index contributed by atoms with van der Waals surface area (Å²) in [6.07, 6.45) is 3.77. The highest BCUT2D eigenvalue weighted by molar-refractivity contribution is 6.01. The number of nitrogens with one attached hydrogen (secondary N) is 1. The van der Waals surface area contributed by atoms with Gasteiger partial charge in [0.05, 0.1) is 0 Å². The van der Waals surface area contributed by atoms with Crippen LogP contribution in [0.5, 0.6) is 0 Å². The van der Waals surface area contributed by atoms with Crippen LogP contribution in [-0.4, -0.2) is 21.6 Å². The fourth-order valence-electron chi connectivity index (χ4n) is 1.31. The average Bonchev–Trinajstić information content (AvgIpc) is 2.69. The van der Waals surface area contributed by atoms with Gasteiger partial charge in [-0.15, -0.1) is 0 Å². The number of aromatic nitrogens is 1. The molecule has 0 aliphatic rings. The third-order valence-corrected chi connectivity index (χ3v) is 2.57. The van der Waals surface area contributed by atoms with Gasteiger partial charge in [-0.2, -0.15) is 0 Å². The van der Waals surface area contributed by atoms with Gasteiger partial charge in [0.2, 0.25) is 5.91 Å². The number of aryl methyl sites for hydroxylation is 1. The van der Waals surface area contributed by atoms with Gasteiger partial charge in [0.1, 0.15) is 0 Å². The Morgan fingerprint density at radius 2 is 2.00 bits per heavy atom. The number of hydrogen-bond acceptors (Lipinski definition) is 2. The molecule has 0 fully saturated rings. The zero-order valence-electron chi connectivity index (χ0n) is 10.2. The van der Waals surface area contributed by atoms with Gasteiger partial charge in [0, 0.05) is 37.1 Å². The van der Waals surface area contributed by atoms with Gasteiger partial charge < -0.3 is 15.0 Å². The maximum absolute atomic E-state index is 11.6. The lowest BCUT2D eigenvalue weighted by molar-refractivity contribution is -0.133. The van der Waals surface area contributed by atoms with Gasteiger partial charge in [0.25, 0.3) is 0 Å². The Kier molecular flexibility index (Phi) is 4.09. The summed E-state index contributed by atoms with van der Waals surface area (Å²) in [5.74, 6) is -1.42. The van der Waals surface area contributed by atoms with Gasteiger partial charge in [-0.05, 0) is 25.5 Å². The number of carboxylic acids is 1. The SMILES string of the molecule is C/C(C(=O)O)=C(/C)C(=O)NCc1ccn(C)c1. The minimum absolute atomic E-state index is 0.0653. The van der Waals surface area contributed by atoms with Gasteiger partial charge in [-0.25, -0.2) is 4.79 Å². The normalized spacial score (nSPS) is 11.9. The van der Waals surface area contributed by atoms with Crippen LogP contribution >= 0.6 is 0 Å². The fourth-order valence-corrected chi connectivity index (χ4v) is 1.31. The smallest absolute Gasteiger partial charge is 0.331 e. The molecule has 5 nitrogen and oxygen atoms in total. The van der Waals surface area contributed by atoms with E-state index in [0.717, 1.165) is 5.56 Å². The summed E-state index contributed by atoms with van der Waals surface area (Å²) in [7, 11) is 1.89. The van der Waals surface area contributed by atoms with E-state index in [1.54, 1.807) is 0 Å². The van der Waals surface area contributed by atoms with E-state index in [-0.39, 0.29) is 17.1 Å². The van der Waals surface area contributed by atoms with Crippen molar-refractivity contribution in [3.63, 3.8) is 0 Å². The molecule has 0 bridgehead atoms. The van der Waals surface area contributed by atoms with E-state index < -0.39 is 5.97 Å². The Hall–Kier alpha value is -2.04. The molecule has 0 saturated heterocycles. The molecular weight excluding hydrogens is 220 g/mol. The van der Waals surface area contributed by atoms with Gasteiger partial charge in [0.15, 0.2) is 0 Å². The van der Waals surface area contributed by atoms with Crippen molar-refractivity contribution >= 4 is 11.9 Å². The maximum Gasteiger partial charge on any atom is 0.331 e. The molecule has 0 spiro atoms. The van der Waals surface area contributed by atoms with Gasteiger partial charge in [-0.1, -0.05) is 0 Å². The summed E-state index contributed by atoms with van der Waals surface area (Å²) in [6, 6.07) is 1.89. The number of carboxylic acid groups (broad SMARTS) is 1. The molecule has 2 N–H and O–H groups in total. The van der Waals surface area contributed by atoms with E-state index in [4.69, 9.17) is 5.11 Å². The van der Waals surface area contributed by atoms with Crippen molar-refractivity contribution < 1.29 is 14.7 Å². The minimum Gasteiger partial charge on any atom is -0.478 e. The summed E-state index contributed by atoms with van der Waals surface area (Å²) in [4.78, 5) is 22.3. The number of aliphatic carboxylic acids is 1. The van der Waals surface area contributed by atoms with Crippen molar-refractivity contribution in [2.75, 3.05) is 0 Å². The second-order valence-corrected chi connectivity index (χ2v) is 3.92. The molecule has 17 heavy (non-hydrogen) atoms. The first-order valence-corrected chi connectivity index (χ1v) is 5.21. The Balaban J connectivity index is 2.62. The van der Waals surface area contributed by atoms with Crippen molar-refractivity contribution in [2.24, 2.45) is 7.05 Å². The summed E-state index contributed by atoms with van der Waals surface area (Å²) in [5, 5.41) is 11.4. The zero-order chi connectivity index (χ0) is 13.0. The number of carbonyl (C=O) groups is 2. The van der Waals surface area contributed by atoms with Crippen LogP contribution in [-0.2, 0) is 23.2 Å². The van der Waals surface area contributed by atoms with E-state index in [1.807, 2.05) is 30.1 Å². The lowest BCUT2D eigenvalue weighted by atomic mass is 10.1. The highest BCUT2D eigenvalue weighted by Gasteiger charge is 2.12. The molecule has 1 aromatic heterocycles. The van der Waals surface area contributed by atoms with E-state index in [9.17, 15) is 9.59 Å². The molecule has 0 radical (unpaired) electrons. The van der Waals surface area contributed by atoms with Crippen LogP contribution in [0.1, 0.15) is 19.4 Å². The predicted molar refractivity (Wildman–Crippen MR) is 63.3 cm³/mol. The molecule has 1 heterocycles. The van der Waals surface area contributed by atoms with Crippen molar-refractivity contribution in [3.05, 3.63) is 35.2 Å². The fraction of sp³-hybridized carbons (Fsp3) is 0.333. The molecular formula is C12H16N2O3. The highest BCUT2D eigenvalue weighted by atomic mass is 16.4. The minimum atomic E-state index is -1.07. The third-order valence-electron chi connectivity index (χ3n) is 2.57. The summed E-state index contributed by atoms with van der Waals surface area (Å²) < 4.78 is 1.88. The number of hydrogen-bond donors (Lipinski definition) is 2. The zero-order valence-corrected chi connectivity index (χ0v) is 10.2. The van der Waals surface area contributed by atoms with Crippen molar-refractivity contribution in [1.29, 1.82) is 0 Å². The number of amides is 1. The number of rotatable bonds is 4. The average molecular weight is 236 g/mol. The second kappa shape index (κ2) is 5.34. The van der Waals surface area contributed by atoms with Gasteiger partial charge in [-0.3, -0.25) is 4.79 Å². The quantitative estimate of drug-likeness (QED) is 0.768. The Labute approximate surface area is 99.7 Å². The van der Waals surface area contributed by atoms with Crippen LogP contribution in [0.25, 0.3) is 0 Å². The summed E-state index contributed by atoms with van der Waals surface area (Å²) >= 11 is 0. The molecule has 0 aliphatic heterocycles. The lowest BCUT2D eigenvalue weighted by Gasteiger charge is -2.05. The van der Waals surface area contributed by atoms with Crippen LogP contribution in [0.2, 0.25) is 0 Å². The molecule has 5 heteroatoms. The molecule has 92 valence electrons. The maximum atomic E-state index is 11.6. The van der Waals surface area contributed by atoms with Crippen LogP contribution in [0, 0.1) is 0 Å². The molecule has 0 aliphatic carbocycles. The predicted octanol–water partition coefficient (Wildman–Crippen LogP) is 1.06. The van der Waals surface area contributed by atoms with Crippen LogP contribution in [0.3, 0.4) is 0 Å². The van der Waals surface area contributed by atoms with Crippen molar-refractivity contribution in [3.8, 4) is 0 Å². The molecule has 0 aromatic carbocycles. The Morgan fingerprint density at radius 1 is 1.35 bits per heavy atom. The van der Waals surface area contributed by atoms with Crippen molar-refractivity contribution in [2.45, 2.75) is 20.4 Å². The molecule has 0 atom stereocenters. The molecule has 0 unspecified atom stereocenters.